The highest BCUT2D eigenvalue weighted by Crippen LogP contribution is 2.20. The van der Waals surface area contributed by atoms with E-state index in [9.17, 15) is 14.4 Å². The molecule has 0 aliphatic rings. The van der Waals surface area contributed by atoms with Crippen LogP contribution in [0.4, 0.5) is 5.69 Å². The number of hydrogen-bond acceptors (Lipinski definition) is 4. The number of esters is 1. The Hall–Kier alpha value is -2.08. The van der Waals surface area contributed by atoms with Crippen molar-refractivity contribution in [3.05, 3.63) is 28.8 Å². The van der Waals surface area contributed by atoms with Crippen LogP contribution >= 0.6 is 11.6 Å². The lowest BCUT2D eigenvalue weighted by Gasteiger charge is -2.08. The molecular formula is C14H17ClN2O4. The van der Waals surface area contributed by atoms with E-state index >= 15 is 0 Å². The summed E-state index contributed by atoms with van der Waals surface area (Å²) in [7, 11) is 1.49. The molecule has 0 fully saturated rings. The van der Waals surface area contributed by atoms with Crippen molar-refractivity contribution in [2.75, 3.05) is 19.0 Å². The Labute approximate surface area is 127 Å². The maximum Gasteiger partial charge on any atom is 0.306 e. The molecule has 0 heterocycles. The molecule has 0 unspecified atom stereocenters. The van der Waals surface area contributed by atoms with Gasteiger partial charge in [0.25, 0.3) is 5.91 Å². The number of carbonyl (C=O) groups excluding carboxylic acids is 3. The summed E-state index contributed by atoms with van der Waals surface area (Å²) in [5.74, 6) is -1.11. The summed E-state index contributed by atoms with van der Waals surface area (Å²) in [5.41, 5.74) is 0.703. The normalized spacial score (nSPS) is 9.86. The number of halogens is 1. The third-order valence-electron chi connectivity index (χ3n) is 2.58. The van der Waals surface area contributed by atoms with Crippen LogP contribution in [0.15, 0.2) is 18.2 Å². The predicted molar refractivity (Wildman–Crippen MR) is 79.3 cm³/mol. The van der Waals surface area contributed by atoms with E-state index in [1.807, 2.05) is 0 Å². The second kappa shape index (κ2) is 8.26. The summed E-state index contributed by atoms with van der Waals surface area (Å²) in [6, 6.07) is 4.58. The standard InChI is InChI=1S/C14H17ClN2O4/c1-3-21-13(19)7-6-12(18)17-9-4-5-11(15)10(8-9)14(20)16-2/h4-5,8H,3,6-7H2,1-2H3,(H,16,20)(H,17,18). The van der Waals surface area contributed by atoms with Crippen LogP contribution in [0, 0.1) is 0 Å². The van der Waals surface area contributed by atoms with Crippen molar-refractivity contribution in [3.8, 4) is 0 Å². The topological polar surface area (TPSA) is 84.5 Å². The molecule has 0 saturated heterocycles. The molecule has 6 nitrogen and oxygen atoms in total. The largest absolute Gasteiger partial charge is 0.466 e. The average molecular weight is 313 g/mol. The molecule has 0 aliphatic heterocycles. The number of hydrogen-bond donors (Lipinski definition) is 2. The van der Waals surface area contributed by atoms with Gasteiger partial charge in [-0.2, -0.15) is 0 Å². The van der Waals surface area contributed by atoms with E-state index in [0.717, 1.165) is 0 Å². The Balaban J connectivity index is 2.64. The van der Waals surface area contributed by atoms with Crippen LogP contribution in [0.2, 0.25) is 5.02 Å². The molecule has 1 rings (SSSR count). The molecular weight excluding hydrogens is 296 g/mol. The van der Waals surface area contributed by atoms with Crippen molar-refractivity contribution in [1.82, 2.24) is 5.32 Å². The van der Waals surface area contributed by atoms with E-state index in [0.29, 0.717) is 10.7 Å². The first-order chi connectivity index (χ1) is 9.97. The molecule has 0 spiro atoms. The average Bonchev–Trinajstić information content (AvgIpc) is 2.46. The summed E-state index contributed by atoms with van der Waals surface area (Å²) in [6.07, 6.45) is 0.0202. The van der Waals surface area contributed by atoms with Crippen molar-refractivity contribution in [1.29, 1.82) is 0 Å². The van der Waals surface area contributed by atoms with Gasteiger partial charge in [-0.05, 0) is 25.1 Å². The Morgan fingerprint density at radius 3 is 2.57 bits per heavy atom. The second-order valence-electron chi connectivity index (χ2n) is 4.13. The van der Waals surface area contributed by atoms with Gasteiger partial charge in [-0.3, -0.25) is 14.4 Å². The fourth-order valence-corrected chi connectivity index (χ4v) is 1.79. The molecule has 0 radical (unpaired) electrons. The van der Waals surface area contributed by atoms with Gasteiger partial charge in [-0.1, -0.05) is 11.6 Å². The van der Waals surface area contributed by atoms with Crippen LogP contribution < -0.4 is 10.6 Å². The van der Waals surface area contributed by atoms with Gasteiger partial charge in [0.2, 0.25) is 5.91 Å². The zero-order chi connectivity index (χ0) is 15.8. The van der Waals surface area contributed by atoms with Gasteiger partial charge in [0.15, 0.2) is 0 Å². The van der Waals surface area contributed by atoms with Gasteiger partial charge < -0.3 is 15.4 Å². The zero-order valence-electron chi connectivity index (χ0n) is 11.9. The van der Waals surface area contributed by atoms with Gasteiger partial charge in [-0.15, -0.1) is 0 Å². The molecule has 1 aromatic rings. The molecule has 0 bridgehead atoms. The Kier molecular flexibility index (Phi) is 6.68. The van der Waals surface area contributed by atoms with E-state index in [1.54, 1.807) is 13.0 Å². The Morgan fingerprint density at radius 2 is 1.95 bits per heavy atom. The lowest BCUT2D eigenvalue weighted by atomic mass is 10.2. The van der Waals surface area contributed by atoms with Crippen LogP contribution in [0.1, 0.15) is 30.1 Å². The highest BCUT2D eigenvalue weighted by molar-refractivity contribution is 6.34. The van der Waals surface area contributed by atoms with Crippen molar-refractivity contribution in [2.45, 2.75) is 19.8 Å². The van der Waals surface area contributed by atoms with Gasteiger partial charge in [-0.25, -0.2) is 0 Å². The number of amides is 2. The lowest BCUT2D eigenvalue weighted by molar-refractivity contribution is -0.144. The fraction of sp³-hybridized carbons (Fsp3) is 0.357. The van der Waals surface area contributed by atoms with Crippen LogP contribution in [0.25, 0.3) is 0 Å². The first-order valence-corrected chi connectivity index (χ1v) is 6.82. The van der Waals surface area contributed by atoms with Crippen molar-refractivity contribution >= 4 is 35.1 Å². The van der Waals surface area contributed by atoms with Gasteiger partial charge in [0, 0.05) is 19.2 Å². The lowest BCUT2D eigenvalue weighted by Crippen LogP contribution is -2.19. The minimum atomic E-state index is -0.421. The maximum atomic E-state index is 11.7. The number of benzene rings is 1. The van der Waals surface area contributed by atoms with E-state index in [1.165, 1.54) is 19.2 Å². The minimum Gasteiger partial charge on any atom is -0.466 e. The van der Waals surface area contributed by atoms with Gasteiger partial charge in [0.1, 0.15) is 0 Å². The van der Waals surface area contributed by atoms with Gasteiger partial charge >= 0.3 is 5.97 Å². The summed E-state index contributed by atoms with van der Waals surface area (Å²) < 4.78 is 4.73. The predicted octanol–water partition coefficient (Wildman–Crippen LogP) is 1.98. The monoisotopic (exact) mass is 312 g/mol. The molecule has 7 heteroatoms. The van der Waals surface area contributed by atoms with E-state index in [2.05, 4.69) is 10.6 Å². The first kappa shape index (κ1) is 17.0. The third-order valence-corrected chi connectivity index (χ3v) is 2.91. The van der Waals surface area contributed by atoms with E-state index in [-0.39, 0.29) is 36.8 Å². The second-order valence-corrected chi connectivity index (χ2v) is 4.53. The van der Waals surface area contributed by atoms with Gasteiger partial charge in [0.05, 0.1) is 23.6 Å². The molecule has 2 amide bonds. The van der Waals surface area contributed by atoms with E-state index in [4.69, 9.17) is 16.3 Å². The summed E-state index contributed by atoms with van der Waals surface area (Å²) in [6.45, 7) is 1.99. The summed E-state index contributed by atoms with van der Waals surface area (Å²) >= 11 is 5.91. The molecule has 0 atom stereocenters. The van der Waals surface area contributed by atoms with Crippen LogP contribution in [-0.2, 0) is 14.3 Å². The van der Waals surface area contributed by atoms with Crippen LogP contribution in [0.3, 0.4) is 0 Å². The molecule has 0 aromatic heterocycles. The summed E-state index contributed by atoms with van der Waals surface area (Å²) in [4.78, 5) is 34.4. The molecule has 1 aromatic carbocycles. The number of ether oxygens (including phenoxy) is 1. The molecule has 2 N–H and O–H groups in total. The minimum absolute atomic E-state index is 0.00949. The maximum absolute atomic E-state index is 11.7. The highest BCUT2D eigenvalue weighted by Gasteiger charge is 2.12. The smallest absolute Gasteiger partial charge is 0.306 e. The SMILES string of the molecule is CCOC(=O)CCC(=O)Nc1ccc(Cl)c(C(=O)NC)c1. The summed E-state index contributed by atoms with van der Waals surface area (Å²) in [5, 5.41) is 5.35. The number of rotatable bonds is 6. The third kappa shape index (κ3) is 5.43. The van der Waals surface area contributed by atoms with Crippen LogP contribution in [-0.4, -0.2) is 31.4 Å². The highest BCUT2D eigenvalue weighted by atomic mass is 35.5. The van der Waals surface area contributed by atoms with Crippen molar-refractivity contribution in [2.24, 2.45) is 0 Å². The Morgan fingerprint density at radius 1 is 1.24 bits per heavy atom. The first-order valence-electron chi connectivity index (χ1n) is 6.45. The number of nitrogens with one attached hydrogen (secondary N) is 2. The number of anilines is 1. The van der Waals surface area contributed by atoms with Crippen molar-refractivity contribution in [3.63, 3.8) is 0 Å². The quantitative estimate of drug-likeness (QED) is 0.787. The fourth-order valence-electron chi connectivity index (χ4n) is 1.58. The Bertz CT molecular complexity index is 546. The molecule has 114 valence electrons. The molecule has 0 aliphatic carbocycles. The zero-order valence-corrected chi connectivity index (χ0v) is 12.6. The molecule has 21 heavy (non-hydrogen) atoms. The van der Waals surface area contributed by atoms with Crippen molar-refractivity contribution < 1.29 is 19.1 Å². The molecule has 0 saturated carbocycles. The van der Waals surface area contributed by atoms with E-state index < -0.39 is 5.97 Å². The van der Waals surface area contributed by atoms with Crippen LogP contribution in [0.5, 0.6) is 0 Å². The number of carbonyl (C=O) groups is 3.